The molecule has 0 aromatic heterocycles. The Morgan fingerprint density at radius 3 is 2.06 bits per heavy atom. The van der Waals surface area contributed by atoms with Crippen LogP contribution in [0.15, 0.2) is 0 Å². The Morgan fingerprint density at radius 1 is 1.12 bits per heavy atom. The summed E-state index contributed by atoms with van der Waals surface area (Å²) in [5, 5.41) is 16.4. The smallest absolute Gasteiger partial charge is 0.408 e. The highest BCUT2D eigenvalue weighted by atomic mass is 32.2. The first-order valence-electron chi connectivity index (χ1n) is 5.29. The van der Waals surface area contributed by atoms with Crippen LogP contribution < -0.4 is 0 Å². The number of likely N-dealkylation sites (tertiary alicyclic amines) is 1. The maximum absolute atomic E-state index is 11.9. The predicted molar refractivity (Wildman–Crippen MR) is 56.5 cm³/mol. The molecule has 0 aromatic carbocycles. The molecule has 2 fully saturated rings. The molecule has 96 valence electrons. The zero-order valence-corrected chi connectivity index (χ0v) is 9.76. The van der Waals surface area contributed by atoms with Crippen LogP contribution in [0.2, 0.25) is 0 Å². The summed E-state index contributed by atoms with van der Waals surface area (Å²) in [6, 6.07) is -1.24. The number of hydrogen-bond acceptors (Lipinski definition) is 4. The zero-order chi connectivity index (χ0) is 12.8. The SMILES string of the molecule is O=C(O)[C@@H]1C[C@@H](S(=O)(=O)C2CC2)CN1C(=O)O. The van der Waals surface area contributed by atoms with Gasteiger partial charge < -0.3 is 10.2 Å². The lowest BCUT2D eigenvalue weighted by molar-refractivity contribution is -0.141. The third kappa shape index (κ3) is 2.08. The molecular formula is C9H13NO6S. The molecule has 8 heteroatoms. The number of carbonyl (C=O) groups is 2. The highest BCUT2D eigenvalue weighted by Crippen LogP contribution is 2.35. The van der Waals surface area contributed by atoms with Gasteiger partial charge in [-0.05, 0) is 19.3 Å². The van der Waals surface area contributed by atoms with Crippen molar-refractivity contribution in [1.29, 1.82) is 0 Å². The monoisotopic (exact) mass is 263 g/mol. The van der Waals surface area contributed by atoms with E-state index in [9.17, 15) is 18.0 Å². The lowest BCUT2D eigenvalue weighted by Gasteiger charge is -2.16. The van der Waals surface area contributed by atoms with E-state index in [2.05, 4.69) is 0 Å². The topological polar surface area (TPSA) is 112 Å². The van der Waals surface area contributed by atoms with Gasteiger partial charge >= 0.3 is 12.1 Å². The standard InChI is InChI=1S/C9H13NO6S/c11-8(12)7-3-6(4-10(7)9(13)14)17(15,16)5-1-2-5/h5-7H,1-4H2,(H,11,12)(H,13,14)/t6-,7+/m1/s1. The van der Waals surface area contributed by atoms with Crippen LogP contribution in [0.1, 0.15) is 19.3 Å². The molecule has 2 atom stereocenters. The Labute approximate surface area is 97.9 Å². The van der Waals surface area contributed by atoms with Crippen molar-refractivity contribution in [2.24, 2.45) is 0 Å². The second kappa shape index (κ2) is 3.86. The molecule has 1 aliphatic carbocycles. The molecule has 1 heterocycles. The van der Waals surface area contributed by atoms with Gasteiger partial charge in [0.25, 0.3) is 0 Å². The van der Waals surface area contributed by atoms with Crippen molar-refractivity contribution in [1.82, 2.24) is 4.90 Å². The fourth-order valence-corrected chi connectivity index (χ4v) is 4.31. The first kappa shape index (κ1) is 12.2. The number of amides is 1. The Bertz CT molecular complexity index is 432. The summed E-state index contributed by atoms with van der Waals surface area (Å²) in [5.74, 6) is -1.29. The number of carboxylic acid groups (broad SMARTS) is 2. The van der Waals surface area contributed by atoms with Gasteiger partial charge in [0.15, 0.2) is 9.84 Å². The van der Waals surface area contributed by atoms with Crippen molar-refractivity contribution in [2.75, 3.05) is 6.54 Å². The third-order valence-electron chi connectivity index (χ3n) is 3.25. The zero-order valence-electron chi connectivity index (χ0n) is 8.94. The van der Waals surface area contributed by atoms with E-state index in [4.69, 9.17) is 10.2 Å². The first-order valence-corrected chi connectivity index (χ1v) is 6.90. The summed E-state index contributed by atoms with van der Waals surface area (Å²) in [4.78, 5) is 22.4. The molecule has 0 aromatic rings. The average molecular weight is 263 g/mol. The van der Waals surface area contributed by atoms with Crippen molar-refractivity contribution in [3.8, 4) is 0 Å². The highest BCUT2D eigenvalue weighted by Gasteiger charge is 2.49. The Hall–Kier alpha value is -1.31. The third-order valence-corrected chi connectivity index (χ3v) is 5.92. The first-order chi connectivity index (χ1) is 7.84. The van der Waals surface area contributed by atoms with Gasteiger partial charge in [0.1, 0.15) is 6.04 Å². The largest absolute Gasteiger partial charge is 0.480 e. The summed E-state index contributed by atoms with van der Waals surface area (Å²) < 4.78 is 23.8. The maximum atomic E-state index is 11.9. The Balaban J connectivity index is 2.19. The second-order valence-corrected chi connectivity index (χ2v) is 6.95. The number of hydrogen-bond donors (Lipinski definition) is 2. The van der Waals surface area contributed by atoms with Crippen LogP contribution in [0.4, 0.5) is 4.79 Å². The maximum Gasteiger partial charge on any atom is 0.408 e. The molecule has 0 spiro atoms. The minimum Gasteiger partial charge on any atom is -0.480 e. The molecule has 7 nitrogen and oxygen atoms in total. The van der Waals surface area contributed by atoms with Gasteiger partial charge in [-0.15, -0.1) is 0 Å². The van der Waals surface area contributed by atoms with E-state index in [0.717, 1.165) is 0 Å². The normalized spacial score (nSPS) is 29.3. The van der Waals surface area contributed by atoms with Gasteiger partial charge in [-0.3, -0.25) is 4.90 Å². The Kier molecular flexibility index (Phi) is 2.76. The fourth-order valence-electron chi connectivity index (χ4n) is 2.15. The van der Waals surface area contributed by atoms with Gasteiger partial charge in [0.05, 0.1) is 10.5 Å². The molecule has 1 saturated carbocycles. The fraction of sp³-hybridized carbons (Fsp3) is 0.778. The molecule has 0 radical (unpaired) electrons. The van der Waals surface area contributed by atoms with E-state index in [1.54, 1.807) is 0 Å². The van der Waals surface area contributed by atoms with Crippen molar-refractivity contribution >= 4 is 21.9 Å². The summed E-state index contributed by atoms with van der Waals surface area (Å²) in [6.07, 6.45) is -0.320. The minimum absolute atomic E-state index is 0.138. The van der Waals surface area contributed by atoms with Crippen LogP contribution in [0.25, 0.3) is 0 Å². The highest BCUT2D eigenvalue weighted by molar-refractivity contribution is 7.93. The number of aliphatic carboxylic acids is 1. The molecule has 1 amide bonds. The average Bonchev–Trinajstić information content (AvgIpc) is 2.96. The van der Waals surface area contributed by atoms with Gasteiger partial charge in [-0.25, -0.2) is 18.0 Å². The van der Waals surface area contributed by atoms with Crippen molar-refractivity contribution < 1.29 is 28.2 Å². The molecule has 0 unspecified atom stereocenters. The predicted octanol–water partition coefficient (Wildman–Crippen LogP) is -0.231. The number of carboxylic acids is 1. The van der Waals surface area contributed by atoms with Gasteiger partial charge in [-0.2, -0.15) is 0 Å². The molecule has 0 bridgehead atoms. The van der Waals surface area contributed by atoms with E-state index in [0.29, 0.717) is 17.7 Å². The minimum atomic E-state index is -3.37. The number of sulfone groups is 1. The van der Waals surface area contributed by atoms with Crippen LogP contribution in [-0.2, 0) is 14.6 Å². The second-order valence-electron chi connectivity index (χ2n) is 4.44. The molecule has 2 N–H and O–H groups in total. The molecular weight excluding hydrogens is 250 g/mol. The van der Waals surface area contributed by atoms with E-state index < -0.39 is 38.4 Å². The molecule has 1 saturated heterocycles. The van der Waals surface area contributed by atoms with E-state index in [-0.39, 0.29) is 13.0 Å². The van der Waals surface area contributed by atoms with Crippen molar-refractivity contribution in [3.63, 3.8) is 0 Å². The van der Waals surface area contributed by atoms with Crippen LogP contribution in [0.3, 0.4) is 0 Å². The summed E-state index contributed by atoms with van der Waals surface area (Å²) in [7, 11) is -3.37. The molecule has 17 heavy (non-hydrogen) atoms. The summed E-state index contributed by atoms with van der Waals surface area (Å²) >= 11 is 0. The van der Waals surface area contributed by atoms with Crippen LogP contribution >= 0.6 is 0 Å². The Morgan fingerprint density at radius 2 is 1.71 bits per heavy atom. The van der Waals surface area contributed by atoms with Gasteiger partial charge in [0, 0.05) is 6.54 Å². The van der Waals surface area contributed by atoms with Crippen molar-refractivity contribution in [3.05, 3.63) is 0 Å². The lowest BCUT2D eigenvalue weighted by Crippen LogP contribution is -2.39. The lowest BCUT2D eigenvalue weighted by atomic mass is 10.2. The molecule has 2 rings (SSSR count). The van der Waals surface area contributed by atoms with E-state index in [1.807, 2.05) is 0 Å². The van der Waals surface area contributed by atoms with Gasteiger partial charge in [0.2, 0.25) is 0 Å². The van der Waals surface area contributed by atoms with E-state index >= 15 is 0 Å². The van der Waals surface area contributed by atoms with Crippen LogP contribution in [0, 0.1) is 0 Å². The number of nitrogens with zero attached hydrogens (tertiary/aromatic N) is 1. The summed E-state index contributed by atoms with van der Waals surface area (Å²) in [6.45, 7) is -0.231. The number of rotatable bonds is 3. The van der Waals surface area contributed by atoms with E-state index in [1.165, 1.54) is 0 Å². The molecule has 1 aliphatic heterocycles. The van der Waals surface area contributed by atoms with Gasteiger partial charge in [-0.1, -0.05) is 0 Å². The molecule has 2 aliphatic rings. The van der Waals surface area contributed by atoms with Crippen molar-refractivity contribution in [2.45, 2.75) is 35.8 Å². The van der Waals surface area contributed by atoms with Crippen LogP contribution in [0.5, 0.6) is 0 Å². The quantitative estimate of drug-likeness (QED) is 0.727. The summed E-state index contributed by atoms with van der Waals surface area (Å²) in [5.41, 5.74) is 0. The van der Waals surface area contributed by atoms with Crippen LogP contribution in [-0.4, -0.2) is 58.7 Å².